The number of nitrogens with zero attached hydrogens (tertiary/aromatic N) is 1. The normalized spacial score (nSPS) is 14.0. The fourth-order valence-corrected chi connectivity index (χ4v) is 10.7. The molecular formula is C55H41BN2O2. The Morgan fingerprint density at radius 2 is 1.22 bits per heavy atom. The lowest BCUT2D eigenvalue weighted by Gasteiger charge is -2.26. The topological polar surface area (TPSA) is 43.2 Å². The summed E-state index contributed by atoms with van der Waals surface area (Å²) in [4.78, 5) is 0. The van der Waals surface area contributed by atoms with E-state index in [4.69, 9.17) is 8.83 Å². The molecule has 0 saturated carbocycles. The zero-order chi connectivity index (χ0) is 40.2. The third kappa shape index (κ3) is 4.58. The van der Waals surface area contributed by atoms with E-state index in [1.165, 1.54) is 77.4 Å². The van der Waals surface area contributed by atoms with Crippen LogP contribution in [-0.4, -0.2) is 11.8 Å². The Morgan fingerprint density at radius 3 is 1.97 bits per heavy atom. The van der Waals surface area contributed by atoms with Crippen LogP contribution in [0.5, 0.6) is 0 Å². The van der Waals surface area contributed by atoms with Crippen molar-refractivity contribution in [1.82, 2.24) is 4.57 Å². The molecule has 0 amide bonds. The highest BCUT2D eigenvalue weighted by Gasteiger charge is 2.37. The van der Waals surface area contributed by atoms with E-state index in [0.717, 1.165) is 62.5 Å². The quantitative estimate of drug-likeness (QED) is 0.182. The molecule has 0 bridgehead atoms. The summed E-state index contributed by atoms with van der Waals surface area (Å²) in [6.07, 6.45) is 0. The van der Waals surface area contributed by atoms with Crippen LogP contribution in [0.15, 0.2) is 154 Å². The van der Waals surface area contributed by atoms with Crippen molar-refractivity contribution in [3.8, 4) is 27.9 Å². The summed E-state index contributed by atoms with van der Waals surface area (Å²) >= 11 is 0. The lowest BCUT2D eigenvalue weighted by molar-refractivity contribution is 0.590. The van der Waals surface area contributed by atoms with E-state index < -0.39 is 0 Å². The zero-order valence-corrected chi connectivity index (χ0v) is 34.3. The minimum atomic E-state index is -0.139. The molecule has 3 aromatic heterocycles. The minimum absolute atomic E-state index is 0.0729. The van der Waals surface area contributed by atoms with Gasteiger partial charge in [0.05, 0.1) is 5.52 Å². The van der Waals surface area contributed by atoms with Gasteiger partial charge in [0.2, 0.25) is 0 Å². The highest BCUT2D eigenvalue weighted by molar-refractivity contribution is 6.73. The summed E-state index contributed by atoms with van der Waals surface area (Å²) < 4.78 is 15.6. The Labute approximate surface area is 348 Å². The molecule has 0 atom stereocenters. The Morgan fingerprint density at radius 1 is 0.533 bits per heavy atom. The predicted molar refractivity (Wildman–Crippen MR) is 253 cm³/mol. The van der Waals surface area contributed by atoms with E-state index in [0.29, 0.717) is 0 Å². The van der Waals surface area contributed by atoms with Crippen LogP contribution in [0.4, 0.5) is 11.4 Å². The maximum absolute atomic E-state index is 6.55. The van der Waals surface area contributed by atoms with Gasteiger partial charge in [-0.15, -0.1) is 0 Å². The SMILES string of the molecule is CC(C)(C)c1ccc(Nc2cc3c(cc2-c2ccc4c5cc6oc7ccccc7c6cc5n5c4c2Bc2cc4oc6ccccc6c4cc2-5)-c2ccccc2C3(C)C)cc1. The highest BCUT2D eigenvalue weighted by atomic mass is 16.3. The fraction of sp³-hybridized carbons (Fsp3) is 0.127. The number of hydrogen-bond donors (Lipinski definition) is 1. The van der Waals surface area contributed by atoms with Gasteiger partial charge < -0.3 is 18.7 Å². The average molecular weight is 773 g/mol. The Kier molecular flexibility index (Phi) is 6.57. The van der Waals surface area contributed by atoms with Gasteiger partial charge in [-0.05, 0) is 105 Å². The van der Waals surface area contributed by atoms with Gasteiger partial charge in [0.25, 0.3) is 0 Å². The van der Waals surface area contributed by atoms with Crippen LogP contribution in [0.25, 0.3) is 93.6 Å². The third-order valence-corrected chi connectivity index (χ3v) is 13.8. The van der Waals surface area contributed by atoms with Crippen LogP contribution >= 0.6 is 0 Å². The van der Waals surface area contributed by atoms with Gasteiger partial charge in [-0.3, -0.25) is 0 Å². The maximum Gasteiger partial charge on any atom is 0.198 e. The van der Waals surface area contributed by atoms with Gasteiger partial charge in [0.1, 0.15) is 22.3 Å². The molecule has 13 rings (SSSR count). The van der Waals surface area contributed by atoms with Gasteiger partial charge in [0.15, 0.2) is 7.28 Å². The maximum atomic E-state index is 6.55. The molecule has 4 heterocycles. The average Bonchev–Trinajstić information content (AvgIpc) is 3.96. The number of fused-ring (bicyclic) bond motifs is 14. The van der Waals surface area contributed by atoms with Crippen LogP contribution in [0.3, 0.4) is 0 Å². The first kappa shape index (κ1) is 33.9. The molecule has 2 aliphatic rings. The van der Waals surface area contributed by atoms with Gasteiger partial charge in [-0.1, -0.05) is 125 Å². The summed E-state index contributed by atoms with van der Waals surface area (Å²) in [5, 5.41) is 10.9. The first-order valence-corrected chi connectivity index (χ1v) is 21.1. The van der Waals surface area contributed by atoms with Crippen molar-refractivity contribution < 1.29 is 8.83 Å². The standard InChI is InChI=1S/C55H41BN2O2/c1-54(2,3)30-18-20-31(21-19-30)57-45-28-43-37(32-12-6-9-15-42(32)55(43,4)5)24-38(45)35-22-23-36-39-27-50-40(33-13-7-10-16-48(33)59-50)25-46(39)58-47-26-41-34-14-8-11-17-49(34)60-51(41)29-44(47)56-52(35)53(36)58/h6-29,56-57H,1-5H3. The summed E-state index contributed by atoms with van der Waals surface area (Å²) in [6, 6.07) is 53.6. The summed E-state index contributed by atoms with van der Waals surface area (Å²) in [5.41, 5.74) is 21.0. The number of anilines is 2. The summed E-state index contributed by atoms with van der Waals surface area (Å²) in [5.74, 6) is 0. The second-order valence-corrected chi connectivity index (χ2v) is 18.6. The monoisotopic (exact) mass is 772 g/mol. The molecule has 0 fully saturated rings. The summed E-state index contributed by atoms with van der Waals surface area (Å²) in [7, 11) is 0.767. The first-order valence-electron chi connectivity index (χ1n) is 21.1. The van der Waals surface area contributed by atoms with Gasteiger partial charge in [-0.25, -0.2) is 0 Å². The lowest BCUT2D eigenvalue weighted by Crippen LogP contribution is -2.37. The van der Waals surface area contributed by atoms with Gasteiger partial charge >= 0.3 is 0 Å². The van der Waals surface area contributed by atoms with E-state index in [1.54, 1.807) is 0 Å². The molecule has 1 N–H and O–H groups in total. The molecule has 0 unspecified atom stereocenters. The smallest absolute Gasteiger partial charge is 0.198 e. The van der Waals surface area contributed by atoms with Gasteiger partial charge in [-0.2, -0.15) is 0 Å². The molecule has 0 spiro atoms. The Bertz CT molecular complexity index is 3670. The van der Waals surface area contributed by atoms with E-state index in [2.05, 4.69) is 184 Å². The number of hydrogen-bond acceptors (Lipinski definition) is 3. The second-order valence-electron chi connectivity index (χ2n) is 18.6. The summed E-state index contributed by atoms with van der Waals surface area (Å²) in [6.45, 7) is 11.5. The van der Waals surface area contributed by atoms with E-state index >= 15 is 0 Å². The minimum Gasteiger partial charge on any atom is -0.456 e. The van der Waals surface area contributed by atoms with Crippen molar-refractivity contribution >= 4 is 95.3 Å². The number of para-hydroxylation sites is 2. The molecule has 0 radical (unpaired) electrons. The first-order chi connectivity index (χ1) is 29.1. The number of nitrogens with one attached hydrogen (secondary N) is 1. The van der Waals surface area contributed by atoms with Crippen molar-refractivity contribution in [2.24, 2.45) is 0 Å². The van der Waals surface area contributed by atoms with Crippen LogP contribution in [-0.2, 0) is 10.8 Å². The zero-order valence-electron chi connectivity index (χ0n) is 34.3. The lowest BCUT2D eigenvalue weighted by atomic mass is 9.59. The van der Waals surface area contributed by atoms with Crippen LogP contribution in [0.2, 0.25) is 0 Å². The van der Waals surface area contributed by atoms with Crippen molar-refractivity contribution in [3.05, 3.63) is 162 Å². The molecule has 0 saturated heterocycles. The van der Waals surface area contributed by atoms with Crippen LogP contribution < -0.4 is 16.2 Å². The van der Waals surface area contributed by atoms with Crippen molar-refractivity contribution in [2.45, 2.75) is 45.4 Å². The van der Waals surface area contributed by atoms with Crippen molar-refractivity contribution in [1.29, 1.82) is 0 Å². The molecule has 4 nitrogen and oxygen atoms in total. The molecule has 11 aromatic rings. The molecule has 1 aliphatic carbocycles. The van der Waals surface area contributed by atoms with Gasteiger partial charge in [0, 0.05) is 65.9 Å². The largest absolute Gasteiger partial charge is 0.456 e. The molecular weight excluding hydrogens is 731 g/mol. The molecule has 1 aliphatic heterocycles. The van der Waals surface area contributed by atoms with E-state index in [-0.39, 0.29) is 10.8 Å². The molecule has 286 valence electrons. The van der Waals surface area contributed by atoms with Crippen LogP contribution in [0, 0.1) is 0 Å². The second kappa shape index (κ2) is 11.6. The predicted octanol–water partition coefficient (Wildman–Crippen LogP) is 13.3. The number of rotatable bonds is 3. The third-order valence-electron chi connectivity index (χ3n) is 13.8. The fourth-order valence-electron chi connectivity index (χ4n) is 10.7. The number of furan rings is 2. The molecule has 8 aromatic carbocycles. The van der Waals surface area contributed by atoms with E-state index in [9.17, 15) is 0 Å². The Hall–Kier alpha value is -6.98. The number of aromatic nitrogens is 1. The molecule has 5 heteroatoms. The number of benzene rings is 8. The Balaban J connectivity index is 1.11. The van der Waals surface area contributed by atoms with Crippen molar-refractivity contribution in [3.63, 3.8) is 0 Å². The van der Waals surface area contributed by atoms with E-state index in [1.807, 2.05) is 6.07 Å². The highest BCUT2D eigenvalue weighted by Crippen LogP contribution is 2.52. The molecule has 60 heavy (non-hydrogen) atoms. The van der Waals surface area contributed by atoms with Crippen LogP contribution in [0.1, 0.15) is 51.3 Å². The van der Waals surface area contributed by atoms with Crippen molar-refractivity contribution in [2.75, 3.05) is 5.32 Å².